The third kappa shape index (κ3) is 3.37. The quantitative estimate of drug-likeness (QED) is 0.847. The zero-order chi connectivity index (χ0) is 14.8. The van der Waals surface area contributed by atoms with Crippen LogP contribution in [-0.2, 0) is 10.0 Å². The molecule has 0 spiro atoms. The Morgan fingerprint density at radius 2 is 2.05 bits per heavy atom. The standard InChI is InChI=1S/C14H20N2O2S2/c1-11-5-4-8-13(9-11)20(17,18)16(10-14(15)19)12-6-2-3-7-12/h4-5,8-9,12H,2-3,6-7,10H2,1H3,(H2,15,19). The molecule has 0 heterocycles. The molecule has 0 aromatic heterocycles. The molecule has 110 valence electrons. The fourth-order valence-electron chi connectivity index (χ4n) is 2.67. The van der Waals surface area contributed by atoms with Crippen LogP contribution in [0.15, 0.2) is 29.2 Å². The number of sulfonamides is 1. The highest BCUT2D eigenvalue weighted by Gasteiger charge is 2.33. The number of benzene rings is 1. The van der Waals surface area contributed by atoms with Crippen molar-refractivity contribution in [1.82, 2.24) is 4.31 Å². The fraction of sp³-hybridized carbons (Fsp3) is 0.500. The lowest BCUT2D eigenvalue weighted by Gasteiger charge is -2.27. The number of hydrogen-bond acceptors (Lipinski definition) is 3. The Morgan fingerprint density at radius 3 is 2.60 bits per heavy atom. The zero-order valence-electron chi connectivity index (χ0n) is 11.6. The number of rotatable bonds is 5. The minimum atomic E-state index is -3.54. The third-order valence-electron chi connectivity index (χ3n) is 3.64. The summed E-state index contributed by atoms with van der Waals surface area (Å²) in [4.78, 5) is 0.536. The van der Waals surface area contributed by atoms with Gasteiger partial charge in [-0.3, -0.25) is 0 Å². The van der Waals surface area contributed by atoms with Crippen LogP contribution >= 0.6 is 12.2 Å². The van der Waals surface area contributed by atoms with Crippen LogP contribution in [0.25, 0.3) is 0 Å². The molecule has 0 atom stereocenters. The summed E-state index contributed by atoms with van der Waals surface area (Å²) in [6.45, 7) is 2.00. The topological polar surface area (TPSA) is 63.4 Å². The molecule has 4 nitrogen and oxygen atoms in total. The highest BCUT2D eigenvalue weighted by Crippen LogP contribution is 2.28. The first-order valence-electron chi connectivity index (χ1n) is 6.78. The minimum absolute atomic E-state index is 0.0158. The summed E-state index contributed by atoms with van der Waals surface area (Å²) in [5.41, 5.74) is 6.51. The highest BCUT2D eigenvalue weighted by molar-refractivity contribution is 7.89. The molecule has 0 aliphatic heterocycles. The molecule has 1 fully saturated rings. The minimum Gasteiger partial charge on any atom is -0.392 e. The molecule has 1 aliphatic carbocycles. The van der Waals surface area contributed by atoms with Crippen molar-refractivity contribution in [1.29, 1.82) is 0 Å². The first kappa shape index (κ1) is 15.4. The van der Waals surface area contributed by atoms with Crippen LogP contribution in [0.3, 0.4) is 0 Å². The van der Waals surface area contributed by atoms with E-state index in [1.54, 1.807) is 18.2 Å². The van der Waals surface area contributed by atoms with Crippen LogP contribution in [0.4, 0.5) is 0 Å². The molecule has 1 saturated carbocycles. The van der Waals surface area contributed by atoms with E-state index in [2.05, 4.69) is 0 Å². The predicted molar refractivity (Wildman–Crippen MR) is 84.1 cm³/mol. The monoisotopic (exact) mass is 312 g/mol. The van der Waals surface area contributed by atoms with Gasteiger partial charge in [-0.2, -0.15) is 4.31 Å². The van der Waals surface area contributed by atoms with Gasteiger partial charge in [0.15, 0.2) is 0 Å². The molecule has 2 rings (SSSR count). The predicted octanol–water partition coefficient (Wildman–Crippen LogP) is 2.21. The number of hydrogen-bond donors (Lipinski definition) is 1. The van der Waals surface area contributed by atoms with E-state index in [-0.39, 0.29) is 17.6 Å². The third-order valence-corrected chi connectivity index (χ3v) is 5.66. The first-order valence-corrected chi connectivity index (χ1v) is 8.63. The number of aryl methyl sites for hydroxylation is 1. The molecular weight excluding hydrogens is 292 g/mol. The Hall–Kier alpha value is -0.980. The Labute approximate surface area is 126 Å². The van der Waals surface area contributed by atoms with E-state index in [9.17, 15) is 8.42 Å². The summed E-state index contributed by atoms with van der Waals surface area (Å²) in [5.74, 6) is 0. The van der Waals surface area contributed by atoms with Crippen LogP contribution in [0, 0.1) is 6.92 Å². The average molecular weight is 312 g/mol. The van der Waals surface area contributed by atoms with E-state index in [4.69, 9.17) is 18.0 Å². The molecule has 1 aromatic rings. The lowest BCUT2D eigenvalue weighted by molar-refractivity contribution is 0.355. The van der Waals surface area contributed by atoms with Crippen LogP contribution < -0.4 is 5.73 Å². The molecule has 6 heteroatoms. The van der Waals surface area contributed by atoms with Crippen molar-refractivity contribution in [3.05, 3.63) is 29.8 Å². The number of nitrogens with zero attached hydrogens (tertiary/aromatic N) is 1. The van der Waals surface area contributed by atoms with Gasteiger partial charge in [0, 0.05) is 6.04 Å². The van der Waals surface area contributed by atoms with Crippen LogP contribution in [0.5, 0.6) is 0 Å². The Kier molecular flexibility index (Phi) is 4.78. The van der Waals surface area contributed by atoms with Crippen molar-refractivity contribution in [3.8, 4) is 0 Å². The lowest BCUT2D eigenvalue weighted by atomic mass is 10.2. The summed E-state index contributed by atoms with van der Waals surface area (Å²) in [6, 6.07) is 6.98. The van der Waals surface area contributed by atoms with E-state index in [0.29, 0.717) is 4.90 Å². The van der Waals surface area contributed by atoms with E-state index in [1.165, 1.54) is 4.31 Å². The number of nitrogens with two attached hydrogens (primary N) is 1. The first-order chi connectivity index (χ1) is 9.41. The van der Waals surface area contributed by atoms with Crippen molar-refractivity contribution in [2.24, 2.45) is 5.73 Å². The van der Waals surface area contributed by atoms with Crippen LogP contribution in [-0.4, -0.2) is 30.3 Å². The maximum atomic E-state index is 12.8. The van der Waals surface area contributed by atoms with Crippen LogP contribution in [0.1, 0.15) is 31.2 Å². The molecular formula is C14H20N2O2S2. The zero-order valence-corrected chi connectivity index (χ0v) is 13.2. The average Bonchev–Trinajstić information content (AvgIpc) is 2.89. The van der Waals surface area contributed by atoms with Gasteiger partial charge < -0.3 is 5.73 Å². The summed E-state index contributed by atoms with van der Waals surface area (Å²) >= 11 is 4.92. The molecule has 2 N–H and O–H groups in total. The van der Waals surface area contributed by atoms with Gasteiger partial charge in [-0.05, 0) is 37.5 Å². The van der Waals surface area contributed by atoms with E-state index < -0.39 is 10.0 Å². The van der Waals surface area contributed by atoms with E-state index in [0.717, 1.165) is 31.2 Å². The molecule has 0 unspecified atom stereocenters. The smallest absolute Gasteiger partial charge is 0.243 e. The van der Waals surface area contributed by atoms with Crippen LogP contribution in [0.2, 0.25) is 0 Å². The van der Waals surface area contributed by atoms with Gasteiger partial charge in [0.05, 0.1) is 16.4 Å². The van der Waals surface area contributed by atoms with Gasteiger partial charge in [0.2, 0.25) is 10.0 Å². The summed E-state index contributed by atoms with van der Waals surface area (Å²) in [6.07, 6.45) is 3.88. The van der Waals surface area contributed by atoms with Crippen molar-refractivity contribution in [3.63, 3.8) is 0 Å². The van der Waals surface area contributed by atoms with Crippen molar-refractivity contribution < 1.29 is 8.42 Å². The molecule has 0 saturated heterocycles. The second-order valence-electron chi connectivity index (χ2n) is 5.27. The Balaban J connectivity index is 2.37. The van der Waals surface area contributed by atoms with E-state index >= 15 is 0 Å². The SMILES string of the molecule is Cc1cccc(S(=O)(=O)N(CC(N)=S)C2CCCC2)c1. The van der Waals surface area contributed by atoms with Gasteiger partial charge in [0.25, 0.3) is 0 Å². The largest absolute Gasteiger partial charge is 0.392 e. The fourth-order valence-corrected chi connectivity index (χ4v) is 4.66. The molecule has 20 heavy (non-hydrogen) atoms. The second-order valence-corrected chi connectivity index (χ2v) is 7.69. The van der Waals surface area contributed by atoms with Gasteiger partial charge in [0.1, 0.15) is 0 Å². The normalized spacial score (nSPS) is 16.7. The molecule has 0 radical (unpaired) electrons. The summed E-state index contributed by atoms with van der Waals surface area (Å²) in [5, 5.41) is 0. The maximum Gasteiger partial charge on any atom is 0.243 e. The van der Waals surface area contributed by atoms with Gasteiger partial charge in [-0.1, -0.05) is 37.2 Å². The van der Waals surface area contributed by atoms with Crippen molar-refractivity contribution >= 4 is 27.2 Å². The van der Waals surface area contributed by atoms with Gasteiger partial charge in [-0.25, -0.2) is 8.42 Å². The summed E-state index contributed by atoms with van der Waals surface area (Å²) < 4.78 is 27.1. The van der Waals surface area contributed by atoms with Gasteiger partial charge in [-0.15, -0.1) is 0 Å². The summed E-state index contributed by atoms with van der Waals surface area (Å²) in [7, 11) is -3.54. The lowest BCUT2D eigenvalue weighted by Crippen LogP contribution is -2.43. The second kappa shape index (κ2) is 6.20. The van der Waals surface area contributed by atoms with E-state index in [1.807, 2.05) is 13.0 Å². The maximum absolute atomic E-state index is 12.8. The Morgan fingerprint density at radius 1 is 1.40 bits per heavy atom. The highest BCUT2D eigenvalue weighted by atomic mass is 32.2. The van der Waals surface area contributed by atoms with Gasteiger partial charge >= 0.3 is 0 Å². The molecule has 1 aliphatic rings. The number of thiocarbonyl (C=S) groups is 1. The van der Waals surface area contributed by atoms with Crippen molar-refractivity contribution in [2.45, 2.75) is 43.5 Å². The molecule has 1 aromatic carbocycles. The van der Waals surface area contributed by atoms with Crippen molar-refractivity contribution in [2.75, 3.05) is 6.54 Å². The Bertz CT molecular complexity index is 593. The molecule has 0 amide bonds. The molecule has 0 bridgehead atoms.